The van der Waals surface area contributed by atoms with E-state index in [4.69, 9.17) is 21.1 Å². The topological polar surface area (TPSA) is 99.5 Å². The fourth-order valence-corrected chi connectivity index (χ4v) is 3.87. The van der Waals surface area contributed by atoms with Crippen molar-refractivity contribution >= 4 is 39.9 Å². The summed E-state index contributed by atoms with van der Waals surface area (Å²) < 4.78 is 12.0. The molecular weight excluding hydrogens is 470 g/mol. The van der Waals surface area contributed by atoms with E-state index >= 15 is 0 Å². The Kier molecular flexibility index (Phi) is 7.12. The van der Waals surface area contributed by atoms with E-state index in [-0.39, 0.29) is 17.8 Å². The minimum Gasteiger partial charge on any atom is -0.495 e. The average molecular weight is 492 g/mol. The maximum absolute atomic E-state index is 13.3. The van der Waals surface area contributed by atoms with Gasteiger partial charge in [0, 0.05) is 23.2 Å². The Labute approximate surface area is 206 Å². The second-order valence-corrected chi connectivity index (χ2v) is 7.96. The Bertz CT molecular complexity index is 1450. The molecule has 4 aromatic rings. The molecule has 0 aliphatic carbocycles. The largest absolute Gasteiger partial charge is 0.495 e. The maximum atomic E-state index is 13.3. The van der Waals surface area contributed by atoms with Gasteiger partial charge in [-0.05, 0) is 31.2 Å². The minimum atomic E-state index is -1.29. The lowest BCUT2D eigenvalue weighted by Gasteiger charge is -2.19. The number of halogens is 1. The zero-order valence-electron chi connectivity index (χ0n) is 19.0. The van der Waals surface area contributed by atoms with Crippen molar-refractivity contribution < 1.29 is 19.1 Å². The highest BCUT2D eigenvalue weighted by Crippen LogP contribution is 2.29. The Morgan fingerprint density at radius 1 is 1.03 bits per heavy atom. The summed E-state index contributed by atoms with van der Waals surface area (Å²) in [4.78, 5) is 39.2. The fraction of sp³-hybridized carbons (Fsp3) is 0.154. The third-order valence-corrected chi connectivity index (χ3v) is 5.64. The number of anilines is 1. The standard InChI is InChI=1S/C26H22ClN3O5/c1-3-30-25(32)19-12-8-7-11-18(19)22(29-30)26(33)35-23(16-9-5-4-6-10-16)24(31)28-17-13-14-21(34-2)20(27)15-17/h4-15,23H,3H2,1-2H3,(H,28,31). The number of esters is 1. The van der Waals surface area contributed by atoms with Crippen LogP contribution in [0.5, 0.6) is 5.75 Å². The van der Waals surface area contributed by atoms with Gasteiger partial charge in [0.2, 0.25) is 6.10 Å². The number of hydrogen-bond acceptors (Lipinski definition) is 6. The number of nitrogens with zero attached hydrogens (tertiary/aromatic N) is 2. The molecule has 4 rings (SSSR count). The van der Waals surface area contributed by atoms with Crippen LogP contribution in [0, 0.1) is 0 Å². The highest BCUT2D eigenvalue weighted by atomic mass is 35.5. The maximum Gasteiger partial charge on any atom is 0.360 e. The summed E-state index contributed by atoms with van der Waals surface area (Å²) in [6, 6.07) is 20.0. The first-order chi connectivity index (χ1) is 16.9. The molecule has 0 saturated heterocycles. The van der Waals surface area contributed by atoms with E-state index in [1.165, 1.54) is 17.9 Å². The molecule has 0 aliphatic rings. The van der Waals surface area contributed by atoms with Crippen molar-refractivity contribution in [1.29, 1.82) is 0 Å². The molecule has 1 unspecified atom stereocenters. The van der Waals surface area contributed by atoms with Gasteiger partial charge in [0.1, 0.15) is 5.75 Å². The predicted molar refractivity (Wildman–Crippen MR) is 133 cm³/mol. The summed E-state index contributed by atoms with van der Waals surface area (Å²) in [7, 11) is 1.49. The first-order valence-electron chi connectivity index (χ1n) is 10.8. The number of methoxy groups -OCH3 is 1. The Hall–Kier alpha value is -4.17. The molecule has 1 aromatic heterocycles. The third kappa shape index (κ3) is 5.02. The molecule has 1 atom stereocenters. The van der Waals surface area contributed by atoms with Crippen molar-refractivity contribution in [1.82, 2.24) is 9.78 Å². The highest BCUT2D eigenvalue weighted by molar-refractivity contribution is 6.32. The van der Waals surface area contributed by atoms with Crippen LogP contribution in [0.3, 0.4) is 0 Å². The molecule has 35 heavy (non-hydrogen) atoms. The lowest BCUT2D eigenvalue weighted by atomic mass is 10.1. The van der Waals surface area contributed by atoms with Crippen LogP contribution in [0.2, 0.25) is 5.02 Å². The molecule has 0 fully saturated rings. The number of carbonyl (C=O) groups is 2. The van der Waals surface area contributed by atoms with Gasteiger partial charge in [-0.15, -0.1) is 0 Å². The fourth-order valence-electron chi connectivity index (χ4n) is 3.62. The smallest absolute Gasteiger partial charge is 0.360 e. The summed E-state index contributed by atoms with van der Waals surface area (Å²) >= 11 is 6.17. The van der Waals surface area contributed by atoms with Crippen molar-refractivity contribution in [3.05, 3.63) is 99.4 Å². The molecule has 9 heteroatoms. The molecule has 0 bridgehead atoms. The molecule has 0 saturated carbocycles. The van der Waals surface area contributed by atoms with Gasteiger partial charge in [0.05, 0.1) is 17.5 Å². The second kappa shape index (κ2) is 10.4. The summed E-state index contributed by atoms with van der Waals surface area (Å²) in [5.74, 6) is -0.959. The molecule has 0 aliphatic heterocycles. The van der Waals surface area contributed by atoms with Gasteiger partial charge in [0.15, 0.2) is 5.69 Å². The first-order valence-corrected chi connectivity index (χ1v) is 11.2. The summed E-state index contributed by atoms with van der Waals surface area (Å²) in [5.41, 5.74) is 0.503. The van der Waals surface area contributed by atoms with Crippen LogP contribution < -0.4 is 15.6 Å². The van der Waals surface area contributed by atoms with Crippen LogP contribution >= 0.6 is 11.6 Å². The molecule has 3 aromatic carbocycles. The van der Waals surface area contributed by atoms with Crippen LogP contribution in [-0.4, -0.2) is 28.8 Å². The van der Waals surface area contributed by atoms with E-state index in [1.54, 1.807) is 73.7 Å². The van der Waals surface area contributed by atoms with Crippen molar-refractivity contribution in [3.63, 3.8) is 0 Å². The van der Waals surface area contributed by atoms with E-state index < -0.39 is 18.0 Å². The van der Waals surface area contributed by atoms with E-state index in [2.05, 4.69) is 10.4 Å². The minimum absolute atomic E-state index is 0.0525. The van der Waals surface area contributed by atoms with Crippen molar-refractivity contribution in [2.45, 2.75) is 19.6 Å². The van der Waals surface area contributed by atoms with E-state index in [0.29, 0.717) is 32.8 Å². The zero-order valence-corrected chi connectivity index (χ0v) is 19.8. The number of rotatable bonds is 7. The molecule has 178 valence electrons. The van der Waals surface area contributed by atoms with Crippen LogP contribution in [-0.2, 0) is 16.1 Å². The number of carbonyl (C=O) groups excluding carboxylic acids is 2. The summed E-state index contributed by atoms with van der Waals surface area (Å²) in [6.07, 6.45) is -1.29. The van der Waals surface area contributed by atoms with Gasteiger partial charge in [-0.2, -0.15) is 5.10 Å². The number of aromatic nitrogens is 2. The van der Waals surface area contributed by atoms with Gasteiger partial charge < -0.3 is 14.8 Å². The van der Waals surface area contributed by atoms with Crippen LogP contribution in [0.15, 0.2) is 77.6 Å². The number of ether oxygens (including phenoxy) is 2. The monoisotopic (exact) mass is 491 g/mol. The van der Waals surface area contributed by atoms with Gasteiger partial charge in [-0.25, -0.2) is 9.48 Å². The number of amides is 1. The van der Waals surface area contributed by atoms with E-state index in [9.17, 15) is 14.4 Å². The lowest BCUT2D eigenvalue weighted by molar-refractivity contribution is -0.125. The predicted octanol–water partition coefficient (Wildman–Crippen LogP) is 4.62. The first kappa shape index (κ1) is 24.0. The number of benzene rings is 3. The number of hydrogen-bond donors (Lipinski definition) is 1. The van der Waals surface area contributed by atoms with Crippen molar-refractivity contribution in [2.24, 2.45) is 0 Å². The Balaban J connectivity index is 1.69. The zero-order chi connectivity index (χ0) is 24.9. The number of fused-ring (bicyclic) bond motifs is 1. The van der Waals surface area contributed by atoms with Crippen LogP contribution in [0.25, 0.3) is 10.8 Å². The Morgan fingerprint density at radius 3 is 2.37 bits per heavy atom. The normalized spacial score (nSPS) is 11.6. The quantitative estimate of drug-likeness (QED) is 0.379. The van der Waals surface area contributed by atoms with Crippen molar-refractivity contribution in [3.8, 4) is 5.75 Å². The lowest BCUT2D eigenvalue weighted by Crippen LogP contribution is -2.29. The van der Waals surface area contributed by atoms with Gasteiger partial charge >= 0.3 is 5.97 Å². The summed E-state index contributed by atoms with van der Waals surface area (Å²) in [6.45, 7) is 2.02. The van der Waals surface area contributed by atoms with Crippen molar-refractivity contribution in [2.75, 3.05) is 12.4 Å². The van der Waals surface area contributed by atoms with Crippen LogP contribution in [0.1, 0.15) is 29.1 Å². The molecule has 1 N–H and O–H groups in total. The molecule has 1 amide bonds. The molecule has 0 radical (unpaired) electrons. The van der Waals surface area contributed by atoms with Crippen LogP contribution in [0.4, 0.5) is 5.69 Å². The molecular formula is C26H22ClN3O5. The summed E-state index contributed by atoms with van der Waals surface area (Å²) in [5, 5.41) is 7.93. The number of aryl methyl sites for hydroxylation is 1. The molecule has 0 spiro atoms. The number of nitrogens with one attached hydrogen (secondary N) is 1. The Morgan fingerprint density at radius 2 is 1.71 bits per heavy atom. The molecule has 8 nitrogen and oxygen atoms in total. The average Bonchev–Trinajstić information content (AvgIpc) is 2.88. The highest BCUT2D eigenvalue weighted by Gasteiger charge is 2.28. The van der Waals surface area contributed by atoms with Gasteiger partial charge in [-0.3, -0.25) is 9.59 Å². The molecule has 1 heterocycles. The SMILES string of the molecule is CCn1nc(C(=O)OC(C(=O)Nc2ccc(OC)c(Cl)c2)c2ccccc2)c2ccccc2c1=O. The second-order valence-electron chi connectivity index (χ2n) is 7.55. The van der Waals surface area contributed by atoms with E-state index in [0.717, 1.165) is 0 Å². The van der Waals surface area contributed by atoms with Gasteiger partial charge in [-0.1, -0.05) is 60.1 Å². The van der Waals surface area contributed by atoms with E-state index in [1.807, 2.05) is 0 Å². The third-order valence-electron chi connectivity index (χ3n) is 5.35. The van der Waals surface area contributed by atoms with Gasteiger partial charge in [0.25, 0.3) is 11.5 Å².